The summed E-state index contributed by atoms with van der Waals surface area (Å²) >= 11 is 0. The minimum Gasteiger partial charge on any atom is -0.481 e. The highest BCUT2D eigenvalue weighted by Crippen LogP contribution is 2.18. The van der Waals surface area contributed by atoms with Gasteiger partial charge in [0.05, 0.1) is 12.8 Å². The zero-order valence-corrected chi connectivity index (χ0v) is 12.1. The first-order valence-corrected chi connectivity index (χ1v) is 7.24. The van der Waals surface area contributed by atoms with Crippen LogP contribution in [0.2, 0.25) is 0 Å². The predicted octanol–water partition coefficient (Wildman–Crippen LogP) is 1.91. The maximum absolute atomic E-state index is 5.18. The minimum atomic E-state index is 0.707. The van der Waals surface area contributed by atoms with Crippen LogP contribution in [-0.2, 0) is 6.54 Å². The molecule has 106 valence electrons. The lowest BCUT2D eigenvalue weighted by molar-refractivity contribution is 0.164. The van der Waals surface area contributed by atoms with Crippen molar-refractivity contribution >= 4 is 0 Å². The first-order valence-electron chi connectivity index (χ1n) is 7.24. The van der Waals surface area contributed by atoms with Crippen molar-refractivity contribution < 1.29 is 4.74 Å². The van der Waals surface area contributed by atoms with Gasteiger partial charge >= 0.3 is 0 Å². The molecule has 1 saturated heterocycles. The number of nitrogens with one attached hydrogen (secondary N) is 1. The number of aromatic nitrogens is 1. The van der Waals surface area contributed by atoms with Gasteiger partial charge in [0.25, 0.3) is 0 Å². The molecule has 1 unspecified atom stereocenters. The second-order valence-electron chi connectivity index (χ2n) is 5.22. The van der Waals surface area contributed by atoms with Crippen molar-refractivity contribution in [3.05, 3.63) is 23.9 Å². The quantitative estimate of drug-likeness (QED) is 0.851. The van der Waals surface area contributed by atoms with Gasteiger partial charge in [-0.05, 0) is 44.5 Å². The van der Waals surface area contributed by atoms with E-state index in [1.807, 2.05) is 12.1 Å². The summed E-state index contributed by atoms with van der Waals surface area (Å²) in [7, 11) is 1.67. The number of piperidine rings is 1. The van der Waals surface area contributed by atoms with Gasteiger partial charge in [0, 0.05) is 19.2 Å². The number of ether oxygens (including phenoxy) is 1. The molecule has 0 radical (unpaired) electrons. The Balaban J connectivity index is 1.87. The standard InChI is InChI=1S/C15H25N3O/c1-3-16-10-13-6-5-9-18(11-13)12-14-7-4-8-15(17-14)19-2/h4,7-8,13,16H,3,5-6,9-12H2,1-2H3. The molecule has 4 nitrogen and oxygen atoms in total. The van der Waals surface area contributed by atoms with Gasteiger partial charge in [-0.2, -0.15) is 0 Å². The first kappa shape index (κ1) is 14.3. The maximum atomic E-state index is 5.18. The summed E-state index contributed by atoms with van der Waals surface area (Å²) in [6, 6.07) is 5.99. The SMILES string of the molecule is CCNCC1CCCN(Cc2cccc(OC)n2)C1. The Labute approximate surface area is 116 Å². The van der Waals surface area contributed by atoms with E-state index < -0.39 is 0 Å². The number of hydrogen-bond acceptors (Lipinski definition) is 4. The Morgan fingerprint density at radius 2 is 2.37 bits per heavy atom. The van der Waals surface area contributed by atoms with Crippen molar-refractivity contribution in [2.75, 3.05) is 33.3 Å². The highest BCUT2D eigenvalue weighted by atomic mass is 16.5. The van der Waals surface area contributed by atoms with E-state index in [1.165, 1.54) is 25.9 Å². The van der Waals surface area contributed by atoms with Gasteiger partial charge in [-0.15, -0.1) is 0 Å². The van der Waals surface area contributed by atoms with Gasteiger partial charge < -0.3 is 10.1 Å². The molecule has 0 bridgehead atoms. The molecular weight excluding hydrogens is 238 g/mol. The zero-order chi connectivity index (χ0) is 13.5. The molecule has 1 aliphatic rings. The zero-order valence-electron chi connectivity index (χ0n) is 12.1. The predicted molar refractivity (Wildman–Crippen MR) is 77.3 cm³/mol. The highest BCUT2D eigenvalue weighted by molar-refractivity contribution is 5.15. The van der Waals surface area contributed by atoms with Crippen LogP contribution < -0.4 is 10.1 Å². The number of nitrogens with zero attached hydrogens (tertiary/aromatic N) is 2. The van der Waals surface area contributed by atoms with E-state index in [1.54, 1.807) is 7.11 Å². The molecule has 0 aliphatic carbocycles. The fraction of sp³-hybridized carbons (Fsp3) is 0.667. The Kier molecular flexibility index (Phi) is 5.61. The molecule has 1 aromatic rings. The van der Waals surface area contributed by atoms with Gasteiger partial charge in [0.1, 0.15) is 0 Å². The third-order valence-electron chi connectivity index (χ3n) is 3.66. The number of pyridine rings is 1. The average molecular weight is 263 g/mol. The van der Waals surface area contributed by atoms with Crippen LogP contribution >= 0.6 is 0 Å². The van der Waals surface area contributed by atoms with Crippen LogP contribution in [0.15, 0.2) is 18.2 Å². The average Bonchev–Trinajstić information content (AvgIpc) is 2.46. The monoisotopic (exact) mass is 263 g/mol. The summed E-state index contributed by atoms with van der Waals surface area (Å²) in [5.41, 5.74) is 1.10. The topological polar surface area (TPSA) is 37.4 Å². The Bertz CT molecular complexity index is 383. The maximum Gasteiger partial charge on any atom is 0.213 e. The third kappa shape index (κ3) is 4.48. The number of hydrogen-bond donors (Lipinski definition) is 1. The van der Waals surface area contributed by atoms with Crippen molar-refractivity contribution in [1.29, 1.82) is 0 Å². The molecule has 19 heavy (non-hydrogen) atoms. The van der Waals surface area contributed by atoms with Gasteiger partial charge in [0.15, 0.2) is 0 Å². The van der Waals surface area contributed by atoms with Crippen molar-refractivity contribution in [1.82, 2.24) is 15.2 Å². The summed E-state index contributed by atoms with van der Waals surface area (Å²) in [4.78, 5) is 7.00. The normalized spacial score (nSPS) is 20.4. The van der Waals surface area contributed by atoms with Crippen LogP contribution in [0.5, 0.6) is 5.88 Å². The molecule has 1 aliphatic heterocycles. The van der Waals surface area contributed by atoms with E-state index >= 15 is 0 Å². The largest absolute Gasteiger partial charge is 0.481 e. The summed E-state index contributed by atoms with van der Waals surface area (Å²) in [6.45, 7) is 7.65. The van der Waals surface area contributed by atoms with Crippen LogP contribution in [0.25, 0.3) is 0 Å². The second kappa shape index (κ2) is 7.46. The van der Waals surface area contributed by atoms with E-state index in [-0.39, 0.29) is 0 Å². The highest BCUT2D eigenvalue weighted by Gasteiger charge is 2.19. The molecule has 0 spiro atoms. The molecule has 2 heterocycles. The van der Waals surface area contributed by atoms with Crippen molar-refractivity contribution in [3.63, 3.8) is 0 Å². The molecule has 0 aromatic carbocycles. The number of rotatable bonds is 6. The van der Waals surface area contributed by atoms with Gasteiger partial charge in [-0.25, -0.2) is 4.98 Å². The van der Waals surface area contributed by atoms with Crippen LogP contribution in [0.1, 0.15) is 25.5 Å². The smallest absolute Gasteiger partial charge is 0.213 e. The van der Waals surface area contributed by atoms with E-state index in [9.17, 15) is 0 Å². The Morgan fingerprint density at radius 1 is 1.47 bits per heavy atom. The lowest BCUT2D eigenvalue weighted by atomic mass is 9.98. The Morgan fingerprint density at radius 3 is 3.16 bits per heavy atom. The summed E-state index contributed by atoms with van der Waals surface area (Å²) in [5, 5.41) is 3.46. The second-order valence-corrected chi connectivity index (χ2v) is 5.22. The van der Waals surface area contributed by atoms with Crippen LogP contribution in [-0.4, -0.2) is 43.2 Å². The molecule has 4 heteroatoms. The van der Waals surface area contributed by atoms with Gasteiger partial charge in [-0.1, -0.05) is 13.0 Å². The summed E-state index contributed by atoms with van der Waals surface area (Å²) in [5.74, 6) is 1.48. The van der Waals surface area contributed by atoms with Crippen molar-refractivity contribution in [3.8, 4) is 5.88 Å². The summed E-state index contributed by atoms with van der Waals surface area (Å²) in [6.07, 6.45) is 2.63. The molecular formula is C15H25N3O. The molecule has 2 rings (SSSR count). The minimum absolute atomic E-state index is 0.707. The van der Waals surface area contributed by atoms with E-state index in [4.69, 9.17) is 4.74 Å². The Hall–Kier alpha value is -1.13. The molecule has 1 fully saturated rings. The van der Waals surface area contributed by atoms with Crippen LogP contribution in [0.4, 0.5) is 0 Å². The molecule has 1 aromatic heterocycles. The van der Waals surface area contributed by atoms with Crippen LogP contribution in [0.3, 0.4) is 0 Å². The molecule has 1 atom stereocenters. The van der Waals surface area contributed by atoms with Gasteiger partial charge in [0.2, 0.25) is 5.88 Å². The van der Waals surface area contributed by atoms with E-state index in [2.05, 4.69) is 28.2 Å². The fourth-order valence-corrected chi connectivity index (χ4v) is 2.70. The summed E-state index contributed by atoms with van der Waals surface area (Å²) < 4.78 is 5.18. The number of likely N-dealkylation sites (tertiary alicyclic amines) is 1. The fourth-order valence-electron chi connectivity index (χ4n) is 2.70. The number of methoxy groups -OCH3 is 1. The van der Waals surface area contributed by atoms with Crippen molar-refractivity contribution in [2.45, 2.75) is 26.3 Å². The first-order chi connectivity index (χ1) is 9.31. The van der Waals surface area contributed by atoms with E-state index in [0.717, 1.165) is 31.2 Å². The third-order valence-corrected chi connectivity index (χ3v) is 3.66. The van der Waals surface area contributed by atoms with Gasteiger partial charge in [-0.3, -0.25) is 4.90 Å². The lowest BCUT2D eigenvalue weighted by Crippen LogP contribution is -2.39. The lowest BCUT2D eigenvalue weighted by Gasteiger charge is -2.32. The molecule has 0 saturated carbocycles. The molecule has 1 N–H and O–H groups in total. The van der Waals surface area contributed by atoms with E-state index in [0.29, 0.717) is 5.88 Å². The molecule has 0 amide bonds. The van der Waals surface area contributed by atoms with Crippen LogP contribution in [0, 0.1) is 5.92 Å². The van der Waals surface area contributed by atoms with Crippen molar-refractivity contribution in [2.24, 2.45) is 5.92 Å².